The molecule has 1 N–H and O–H groups in total. The van der Waals surface area contributed by atoms with Crippen molar-refractivity contribution in [3.05, 3.63) is 35.8 Å². The van der Waals surface area contributed by atoms with E-state index in [2.05, 4.69) is 15.5 Å². The molecule has 1 aliphatic heterocycles. The number of nitrogens with zero attached hydrogens (tertiary/aromatic N) is 3. The maximum atomic E-state index is 12.4. The Balaban J connectivity index is 1.53. The van der Waals surface area contributed by atoms with Gasteiger partial charge in [-0.25, -0.2) is 0 Å². The quantitative estimate of drug-likeness (QED) is 0.840. The van der Waals surface area contributed by atoms with Gasteiger partial charge in [-0.15, -0.1) is 10.2 Å². The second-order valence-electron chi connectivity index (χ2n) is 4.73. The predicted octanol–water partition coefficient (Wildman–Crippen LogP) is 1.55. The minimum Gasteiger partial charge on any atom is -0.343 e. The van der Waals surface area contributed by atoms with Crippen molar-refractivity contribution in [1.82, 2.24) is 15.5 Å². The number of amides is 2. The van der Waals surface area contributed by atoms with Gasteiger partial charge >= 0.3 is 0 Å². The number of carbonyl (C=O) groups is 2. The summed E-state index contributed by atoms with van der Waals surface area (Å²) < 4.78 is 0.749. The van der Waals surface area contributed by atoms with Crippen LogP contribution in [0.2, 0.25) is 0 Å². The van der Waals surface area contributed by atoms with Crippen LogP contribution in [0.3, 0.4) is 0 Å². The van der Waals surface area contributed by atoms with Gasteiger partial charge in [-0.3, -0.25) is 9.59 Å². The summed E-state index contributed by atoms with van der Waals surface area (Å²) in [5.74, 6) is 0.0264. The standard InChI is InChI=1S/C14H14N4O2S2/c19-12(8-21-14-17-15-9-22-14)16-11-6-7-18(13(11)20)10-4-2-1-3-5-10/h1-5,9,11H,6-8H2,(H,16,19). The van der Waals surface area contributed by atoms with E-state index >= 15 is 0 Å². The van der Waals surface area contributed by atoms with Crippen LogP contribution >= 0.6 is 23.1 Å². The first-order chi connectivity index (χ1) is 10.7. The summed E-state index contributed by atoms with van der Waals surface area (Å²) in [6.45, 7) is 0.622. The Bertz CT molecular complexity index is 648. The van der Waals surface area contributed by atoms with Crippen molar-refractivity contribution in [1.29, 1.82) is 0 Å². The van der Waals surface area contributed by atoms with Crippen molar-refractivity contribution in [2.24, 2.45) is 0 Å². The van der Waals surface area contributed by atoms with Gasteiger partial charge in [-0.05, 0) is 18.6 Å². The number of nitrogens with one attached hydrogen (secondary N) is 1. The van der Waals surface area contributed by atoms with Crippen molar-refractivity contribution in [2.75, 3.05) is 17.2 Å². The highest BCUT2D eigenvalue weighted by Gasteiger charge is 2.33. The van der Waals surface area contributed by atoms with E-state index in [1.807, 2.05) is 30.3 Å². The molecule has 0 spiro atoms. The molecule has 0 saturated carbocycles. The minimum atomic E-state index is -0.442. The van der Waals surface area contributed by atoms with Gasteiger partial charge in [0.1, 0.15) is 11.6 Å². The highest BCUT2D eigenvalue weighted by molar-refractivity contribution is 8.01. The zero-order valence-electron chi connectivity index (χ0n) is 11.6. The van der Waals surface area contributed by atoms with Gasteiger partial charge in [0.05, 0.1) is 5.75 Å². The van der Waals surface area contributed by atoms with E-state index in [0.717, 1.165) is 10.0 Å². The lowest BCUT2D eigenvalue weighted by Gasteiger charge is -2.17. The van der Waals surface area contributed by atoms with E-state index < -0.39 is 6.04 Å². The molecule has 1 unspecified atom stereocenters. The van der Waals surface area contributed by atoms with E-state index in [4.69, 9.17) is 0 Å². The van der Waals surface area contributed by atoms with Gasteiger partial charge in [-0.2, -0.15) is 0 Å². The number of anilines is 1. The molecule has 0 aliphatic carbocycles. The first-order valence-electron chi connectivity index (χ1n) is 6.79. The summed E-state index contributed by atoms with van der Waals surface area (Å²) in [4.78, 5) is 26.0. The smallest absolute Gasteiger partial charge is 0.249 e. The van der Waals surface area contributed by atoms with Crippen molar-refractivity contribution in [3.63, 3.8) is 0 Å². The Kier molecular flexibility index (Phi) is 4.69. The Morgan fingerprint density at radius 1 is 1.41 bits per heavy atom. The van der Waals surface area contributed by atoms with Gasteiger partial charge in [-0.1, -0.05) is 41.3 Å². The average molecular weight is 334 g/mol. The summed E-state index contributed by atoms with van der Waals surface area (Å²) in [5.41, 5.74) is 2.49. The largest absolute Gasteiger partial charge is 0.343 e. The fourth-order valence-electron chi connectivity index (χ4n) is 2.27. The molecule has 3 rings (SSSR count). The molecule has 1 atom stereocenters. The van der Waals surface area contributed by atoms with Gasteiger partial charge in [0, 0.05) is 12.2 Å². The topological polar surface area (TPSA) is 75.2 Å². The van der Waals surface area contributed by atoms with Crippen LogP contribution < -0.4 is 10.2 Å². The van der Waals surface area contributed by atoms with Crippen molar-refractivity contribution in [2.45, 2.75) is 16.8 Å². The third-order valence-corrected chi connectivity index (χ3v) is 5.14. The molecule has 6 nitrogen and oxygen atoms in total. The third kappa shape index (κ3) is 3.45. The first kappa shape index (κ1) is 15.0. The molecule has 0 radical (unpaired) electrons. The van der Waals surface area contributed by atoms with Crippen LogP contribution in [0.15, 0.2) is 40.2 Å². The number of carbonyl (C=O) groups excluding carboxylic acids is 2. The zero-order valence-corrected chi connectivity index (χ0v) is 13.3. The molecule has 1 saturated heterocycles. The van der Waals surface area contributed by atoms with Crippen LogP contribution in [-0.4, -0.2) is 40.4 Å². The van der Waals surface area contributed by atoms with Crippen LogP contribution in [0.25, 0.3) is 0 Å². The molecule has 1 aliphatic rings. The molecule has 22 heavy (non-hydrogen) atoms. The third-order valence-electron chi connectivity index (χ3n) is 3.28. The number of para-hydroxylation sites is 1. The summed E-state index contributed by atoms with van der Waals surface area (Å²) in [6.07, 6.45) is 0.628. The van der Waals surface area contributed by atoms with Gasteiger partial charge in [0.2, 0.25) is 11.8 Å². The van der Waals surface area contributed by atoms with Crippen LogP contribution in [0.4, 0.5) is 5.69 Å². The Morgan fingerprint density at radius 3 is 2.95 bits per heavy atom. The molecule has 2 heterocycles. The lowest BCUT2D eigenvalue weighted by molar-refractivity contribution is -0.124. The molecule has 1 aromatic carbocycles. The predicted molar refractivity (Wildman–Crippen MR) is 86.0 cm³/mol. The number of benzene rings is 1. The molecular weight excluding hydrogens is 320 g/mol. The molecule has 1 aromatic heterocycles. The molecule has 2 amide bonds. The summed E-state index contributed by atoms with van der Waals surface area (Å²) >= 11 is 2.72. The van der Waals surface area contributed by atoms with E-state index in [0.29, 0.717) is 13.0 Å². The van der Waals surface area contributed by atoms with Gasteiger partial charge < -0.3 is 10.2 Å². The zero-order chi connectivity index (χ0) is 15.4. The Hall–Kier alpha value is -1.93. The monoisotopic (exact) mass is 334 g/mol. The van der Waals surface area contributed by atoms with Crippen LogP contribution in [0, 0.1) is 0 Å². The highest BCUT2D eigenvalue weighted by Crippen LogP contribution is 2.22. The summed E-state index contributed by atoms with van der Waals surface area (Å²) in [6, 6.07) is 9.05. The molecule has 1 fully saturated rings. The lowest BCUT2D eigenvalue weighted by atomic mass is 10.2. The minimum absolute atomic E-state index is 0.0551. The van der Waals surface area contributed by atoms with Crippen molar-refractivity contribution in [3.8, 4) is 0 Å². The molecule has 8 heteroatoms. The molecule has 114 valence electrons. The maximum absolute atomic E-state index is 12.4. The van der Waals surface area contributed by atoms with E-state index in [9.17, 15) is 9.59 Å². The van der Waals surface area contributed by atoms with E-state index in [1.54, 1.807) is 10.4 Å². The SMILES string of the molecule is O=C(CSc1nncs1)NC1CCN(c2ccccc2)C1=O. The number of hydrogen-bond acceptors (Lipinski definition) is 6. The molecule has 0 bridgehead atoms. The second-order valence-corrected chi connectivity index (χ2v) is 6.78. The first-order valence-corrected chi connectivity index (χ1v) is 8.65. The highest BCUT2D eigenvalue weighted by atomic mass is 32.2. The average Bonchev–Trinajstić information content (AvgIpc) is 3.17. The van der Waals surface area contributed by atoms with E-state index in [1.165, 1.54) is 23.1 Å². The van der Waals surface area contributed by atoms with Crippen molar-refractivity contribution < 1.29 is 9.59 Å². The van der Waals surface area contributed by atoms with Crippen LogP contribution in [-0.2, 0) is 9.59 Å². The van der Waals surface area contributed by atoms with Crippen LogP contribution in [0.1, 0.15) is 6.42 Å². The summed E-state index contributed by atoms with van der Waals surface area (Å²) in [7, 11) is 0. The fraction of sp³-hybridized carbons (Fsp3) is 0.286. The molecular formula is C14H14N4O2S2. The molecule has 2 aromatic rings. The number of aromatic nitrogens is 2. The maximum Gasteiger partial charge on any atom is 0.249 e. The lowest BCUT2D eigenvalue weighted by Crippen LogP contribution is -2.42. The van der Waals surface area contributed by atoms with Crippen LogP contribution in [0.5, 0.6) is 0 Å². The van der Waals surface area contributed by atoms with E-state index in [-0.39, 0.29) is 17.6 Å². The van der Waals surface area contributed by atoms with Gasteiger partial charge in [0.15, 0.2) is 4.34 Å². The van der Waals surface area contributed by atoms with Gasteiger partial charge in [0.25, 0.3) is 0 Å². The number of rotatable bonds is 5. The summed E-state index contributed by atoms with van der Waals surface area (Å²) in [5, 5.41) is 10.4. The Morgan fingerprint density at radius 2 is 2.23 bits per heavy atom. The number of thioether (sulfide) groups is 1. The normalized spacial score (nSPS) is 17.7. The second kappa shape index (κ2) is 6.89. The number of hydrogen-bond donors (Lipinski definition) is 1. The van der Waals surface area contributed by atoms with Crippen molar-refractivity contribution >= 4 is 40.6 Å². The Labute approximate surface area is 135 Å². The fourth-order valence-corrected chi connectivity index (χ4v) is 3.57.